The molecule has 2 rings (SSSR count). The molecule has 0 fully saturated rings. The van der Waals surface area contributed by atoms with Gasteiger partial charge in [0.1, 0.15) is 5.82 Å². The Hall–Kier alpha value is -1.38. The molecule has 0 spiro atoms. The van der Waals surface area contributed by atoms with E-state index >= 15 is 0 Å². The summed E-state index contributed by atoms with van der Waals surface area (Å²) < 4.78 is 12.8. The monoisotopic (exact) mass is 466 g/mol. The molecule has 8 heteroatoms. The lowest BCUT2D eigenvalue weighted by molar-refractivity contribution is 0.627. The largest absolute Gasteiger partial charge is 0.369 e. The number of nitrogens with one attached hydrogen (secondary N) is 1. The van der Waals surface area contributed by atoms with E-state index in [9.17, 15) is 4.39 Å². The van der Waals surface area contributed by atoms with Gasteiger partial charge in [0.05, 0.1) is 22.8 Å². The summed E-state index contributed by atoms with van der Waals surface area (Å²) in [4.78, 5) is 4.08. The van der Waals surface area contributed by atoms with Crippen LogP contribution in [0.4, 0.5) is 4.39 Å². The van der Waals surface area contributed by atoms with Crippen molar-refractivity contribution in [3.05, 3.63) is 69.5 Å². The Labute approximate surface area is 160 Å². The third kappa shape index (κ3) is 6.32. The predicted octanol–water partition coefficient (Wildman–Crippen LogP) is 4.19. The van der Waals surface area contributed by atoms with Crippen LogP contribution in [0.1, 0.15) is 11.1 Å². The van der Waals surface area contributed by atoms with Crippen LogP contribution in [0.25, 0.3) is 0 Å². The van der Waals surface area contributed by atoms with E-state index < -0.39 is 0 Å². The Morgan fingerprint density at radius 1 is 1.13 bits per heavy atom. The first kappa shape index (κ1) is 19.7. The van der Waals surface area contributed by atoms with E-state index in [1.54, 1.807) is 30.3 Å². The highest BCUT2D eigenvalue weighted by molar-refractivity contribution is 14.0. The van der Waals surface area contributed by atoms with Gasteiger partial charge in [0.15, 0.2) is 0 Å². The summed E-state index contributed by atoms with van der Waals surface area (Å²) in [6.07, 6.45) is 1.46. The molecule has 2 aromatic carbocycles. The topological polar surface area (TPSA) is 62.8 Å². The number of benzene rings is 2. The van der Waals surface area contributed by atoms with Crippen molar-refractivity contribution in [2.45, 2.75) is 6.54 Å². The van der Waals surface area contributed by atoms with Crippen molar-refractivity contribution >= 4 is 59.4 Å². The van der Waals surface area contributed by atoms with E-state index in [1.807, 2.05) is 0 Å². The summed E-state index contributed by atoms with van der Waals surface area (Å²) in [6, 6.07) is 11.2. The van der Waals surface area contributed by atoms with E-state index in [1.165, 1.54) is 18.3 Å². The second-order valence-corrected chi connectivity index (χ2v) is 5.15. The minimum absolute atomic E-state index is 0. The van der Waals surface area contributed by atoms with Gasteiger partial charge in [-0.2, -0.15) is 5.10 Å². The third-order valence-corrected chi connectivity index (χ3v) is 3.38. The lowest BCUT2D eigenvalue weighted by atomic mass is 10.2. The van der Waals surface area contributed by atoms with Gasteiger partial charge < -0.3 is 5.73 Å². The molecule has 0 radical (unpaired) electrons. The van der Waals surface area contributed by atoms with Gasteiger partial charge >= 0.3 is 0 Å². The minimum atomic E-state index is -0.292. The molecule has 0 aliphatic rings. The Kier molecular flexibility index (Phi) is 8.29. The summed E-state index contributed by atoms with van der Waals surface area (Å²) in [6.45, 7) is 0.321. The van der Waals surface area contributed by atoms with Gasteiger partial charge in [0, 0.05) is 5.56 Å². The highest BCUT2D eigenvalue weighted by Gasteiger charge is 2.01. The van der Waals surface area contributed by atoms with Crippen molar-refractivity contribution in [2.24, 2.45) is 15.8 Å². The van der Waals surface area contributed by atoms with Crippen LogP contribution < -0.4 is 11.2 Å². The zero-order valence-corrected chi connectivity index (χ0v) is 15.7. The van der Waals surface area contributed by atoms with Crippen LogP contribution >= 0.6 is 47.2 Å². The second-order valence-electron chi connectivity index (χ2n) is 4.33. The molecule has 0 aliphatic heterocycles. The second kappa shape index (κ2) is 9.69. The van der Waals surface area contributed by atoms with Crippen LogP contribution in [0.15, 0.2) is 52.6 Å². The van der Waals surface area contributed by atoms with Crippen LogP contribution in [-0.2, 0) is 6.54 Å². The van der Waals surface area contributed by atoms with Crippen molar-refractivity contribution in [3.8, 4) is 0 Å². The molecule has 23 heavy (non-hydrogen) atoms. The maximum absolute atomic E-state index is 12.8. The van der Waals surface area contributed by atoms with Gasteiger partial charge in [-0.25, -0.2) is 14.8 Å². The highest BCUT2D eigenvalue weighted by atomic mass is 127. The van der Waals surface area contributed by atoms with Crippen molar-refractivity contribution in [3.63, 3.8) is 0 Å². The predicted molar refractivity (Wildman–Crippen MR) is 104 cm³/mol. The van der Waals surface area contributed by atoms with Gasteiger partial charge in [-0.3, -0.25) is 0 Å². The molecule has 0 aromatic heterocycles. The summed E-state index contributed by atoms with van der Waals surface area (Å²) >= 11 is 12.0. The van der Waals surface area contributed by atoms with Crippen LogP contribution in [0.3, 0.4) is 0 Å². The van der Waals surface area contributed by atoms with Gasteiger partial charge in [-0.15, -0.1) is 24.0 Å². The molecular formula is C15H14Cl2FIN4. The maximum atomic E-state index is 12.8. The summed E-state index contributed by atoms with van der Waals surface area (Å²) in [5, 5.41) is 4.90. The first-order valence-electron chi connectivity index (χ1n) is 6.33. The van der Waals surface area contributed by atoms with Gasteiger partial charge in [0.25, 0.3) is 0 Å². The molecule has 0 aliphatic carbocycles. The Morgan fingerprint density at radius 3 is 2.35 bits per heavy atom. The van der Waals surface area contributed by atoms with Gasteiger partial charge in [-0.1, -0.05) is 41.4 Å². The van der Waals surface area contributed by atoms with Crippen LogP contribution in [0.5, 0.6) is 0 Å². The first-order chi connectivity index (χ1) is 10.6. The number of nitrogens with two attached hydrogens (primary N) is 1. The summed E-state index contributed by atoms with van der Waals surface area (Å²) in [5.74, 6) is -0.163. The highest BCUT2D eigenvalue weighted by Crippen LogP contribution is 2.21. The molecule has 0 amide bonds. The number of guanidine groups is 1. The van der Waals surface area contributed by atoms with Crippen molar-refractivity contribution in [2.75, 3.05) is 0 Å². The standard InChI is InChI=1S/C15H13Cl2FN4.HI/c16-13-2-1-3-14(17)12(13)9-21-22-15(19)20-8-10-4-6-11(18)7-5-10;/h1-7,9H,8H2,(H3,19,20,22);1H/b21-9+;. The summed E-state index contributed by atoms with van der Waals surface area (Å²) in [7, 11) is 0. The molecule has 3 N–H and O–H groups in total. The van der Waals surface area contributed by atoms with E-state index in [0.29, 0.717) is 22.2 Å². The number of hydrazone groups is 1. The van der Waals surface area contributed by atoms with E-state index in [-0.39, 0.29) is 35.8 Å². The van der Waals surface area contributed by atoms with Crippen LogP contribution in [0, 0.1) is 5.82 Å². The zero-order valence-electron chi connectivity index (χ0n) is 11.8. The Bertz CT molecular complexity index is 685. The molecule has 0 saturated heterocycles. The average molecular weight is 467 g/mol. The molecule has 0 heterocycles. The number of aliphatic imine (C=N–C) groups is 1. The van der Waals surface area contributed by atoms with Gasteiger partial charge in [-0.05, 0) is 29.8 Å². The van der Waals surface area contributed by atoms with Crippen molar-refractivity contribution < 1.29 is 4.39 Å². The van der Waals surface area contributed by atoms with Crippen molar-refractivity contribution in [1.82, 2.24) is 5.43 Å². The molecule has 4 nitrogen and oxygen atoms in total. The maximum Gasteiger partial charge on any atom is 0.209 e. The van der Waals surface area contributed by atoms with E-state index in [2.05, 4.69) is 15.5 Å². The average Bonchev–Trinajstić information content (AvgIpc) is 2.50. The fourth-order valence-corrected chi connectivity index (χ4v) is 2.09. The molecular weight excluding hydrogens is 453 g/mol. The van der Waals surface area contributed by atoms with E-state index in [0.717, 1.165) is 5.56 Å². The molecule has 0 atom stereocenters. The van der Waals surface area contributed by atoms with E-state index in [4.69, 9.17) is 28.9 Å². The zero-order chi connectivity index (χ0) is 15.9. The number of halogens is 4. The minimum Gasteiger partial charge on any atom is -0.369 e. The molecule has 2 aromatic rings. The number of hydrogen-bond donors (Lipinski definition) is 2. The first-order valence-corrected chi connectivity index (χ1v) is 7.09. The quantitative estimate of drug-likeness (QED) is 0.307. The SMILES string of the molecule is I.NC(=NCc1ccc(F)cc1)N/N=C/c1c(Cl)cccc1Cl. The number of nitrogens with zero attached hydrogens (tertiary/aromatic N) is 2. The number of rotatable bonds is 4. The lowest BCUT2D eigenvalue weighted by Gasteiger charge is -2.02. The number of hydrogen-bond acceptors (Lipinski definition) is 2. The normalized spacial score (nSPS) is 11.3. The molecule has 0 unspecified atom stereocenters. The molecule has 0 bridgehead atoms. The smallest absolute Gasteiger partial charge is 0.209 e. The Balaban J connectivity index is 0.00000264. The lowest BCUT2D eigenvalue weighted by Crippen LogP contribution is -2.27. The third-order valence-electron chi connectivity index (χ3n) is 2.72. The fraction of sp³-hybridized carbons (Fsp3) is 0.0667. The summed E-state index contributed by atoms with van der Waals surface area (Å²) in [5.41, 5.74) is 9.67. The van der Waals surface area contributed by atoms with Crippen LogP contribution in [0.2, 0.25) is 10.0 Å². The Morgan fingerprint density at radius 2 is 1.74 bits per heavy atom. The molecule has 122 valence electrons. The van der Waals surface area contributed by atoms with Crippen molar-refractivity contribution in [1.29, 1.82) is 0 Å². The fourth-order valence-electron chi connectivity index (χ4n) is 1.60. The molecule has 0 saturated carbocycles. The van der Waals surface area contributed by atoms with Gasteiger partial charge in [0.2, 0.25) is 5.96 Å². The van der Waals surface area contributed by atoms with Crippen LogP contribution in [-0.4, -0.2) is 12.2 Å².